The Balaban J connectivity index is 2.10. The van der Waals surface area contributed by atoms with Crippen molar-refractivity contribution < 1.29 is 9.53 Å². The largest absolute Gasteiger partial charge is 0.497 e. The van der Waals surface area contributed by atoms with Gasteiger partial charge in [0.2, 0.25) is 5.91 Å². The van der Waals surface area contributed by atoms with Crippen molar-refractivity contribution in [2.24, 2.45) is 11.0 Å². The first-order valence-electron chi connectivity index (χ1n) is 6.41. The van der Waals surface area contributed by atoms with Gasteiger partial charge in [-0.3, -0.25) is 4.79 Å². The number of methoxy groups -OCH3 is 1. The summed E-state index contributed by atoms with van der Waals surface area (Å²) in [5.74, 6) is 1.04. The number of carbonyl (C=O) groups is 1. The van der Waals surface area contributed by atoms with Gasteiger partial charge in [-0.15, -0.1) is 0 Å². The van der Waals surface area contributed by atoms with Crippen LogP contribution in [0.15, 0.2) is 35.4 Å². The maximum atomic E-state index is 11.3. The first kappa shape index (κ1) is 13.3. The molecule has 0 saturated heterocycles. The molecule has 1 aromatic carbocycles. The molecule has 0 aromatic heterocycles. The van der Waals surface area contributed by atoms with Crippen LogP contribution < -0.4 is 10.2 Å². The van der Waals surface area contributed by atoms with Crippen LogP contribution >= 0.6 is 0 Å². The lowest BCUT2D eigenvalue weighted by Crippen LogP contribution is -2.31. The minimum Gasteiger partial charge on any atom is -0.497 e. The number of hydrogen-bond donors (Lipinski definition) is 1. The zero-order chi connectivity index (χ0) is 13.7. The lowest BCUT2D eigenvalue weighted by atomic mass is 9.94. The molecular weight excluding hydrogens is 240 g/mol. The van der Waals surface area contributed by atoms with Crippen molar-refractivity contribution >= 4 is 17.7 Å². The highest BCUT2D eigenvalue weighted by Gasteiger charge is 2.20. The number of nitrogens with one attached hydrogen (secondary N) is 1. The first-order chi connectivity index (χ1) is 9.22. The number of ether oxygens (including phenoxy) is 1. The fraction of sp³-hybridized carbons (Fsp3) is 0.333. The van der Waals surface area contributed by atoms with Crippen LogP contribution in [0.4, 0.5) is 0 Å². The Labute approximate surface area is 113 Å². The van der Waals surface area contributed by atoms with E-state index < -0.39 is 0 Å². The van der Waals surface area contributed by atoms with E-state index in [4.69, 9.17) is 4.74 Å². The summed E-state index contributed by atoms with van der Waals surface area (Å²) in [5, 5.41) is 4.12. The zero-order valence-corrected chi connectivity index (χ0v) is 11.2. The van der Waals surface area contributed by atoms with Crippen molar-refractivity contribution in [3.05, 3.63) is 35.9 Å². The summed E-state index contributed by atoms with van der Waals surface area (Å²) in [6, 6.07) is 7.80. The molecule has 0 aliphatic carbocycles. The van der Waals surface area contributed by atoms with Gasteiger partial charge in [-0.1, -0.05) is 25.1 Å². The van der Waals surface area contributed by atoms with Gasteiger partial charge in [0.05, 0.1) is 12.8 Å². The molecule has 1 aliphatic heterocycles. The molecule has 100 valence electrons. The van der Waals surface area contributed by atoms with Gasteiger partial charge in [0.15, 0.2) is 0 Å². The molecular formula is C15H18N2O2. The molecule has 4 heteroatoms. The third-order valence-electron chi connectivity index (χ3n) is 3.21. The Morgan fingerprint density at radius 2 is 2.11 bits per heavy atom. The number of nitrogens with zero attached hydrogens (tertiary/aromatic N) is 1. The third kappa shape index (κ3) is 3.44. The molecule has 0 spiro atoms. The number of allylic oxidation sites excluding steroid dienone is 1. The smallest absolute Gasteiger partial charge is 0.240 e. The van der Waals surface area contributed by atoms with Crippen molar-refractivity contribution in [1.82, 2.24) is 5.43 Å². The van der Waals surface area contributed by atoms with E-state index in [1.54, 1.807) is 7.11 Å². The molecule has 0 bridgehead atoms. The van der Waals surface area contributed by atoms with Gasteiger partial charge in [0.25, 0.3) is 0 Å². The minimum absolute atomic E-state index is 0.00607. The summed E-state index contributed by atoms with van der Waals surface area (Å²) in [5.41, 5.74) is 4.54. The highest BCUT2D eigenvalue weighted by Crippen LogP contribution is 2.17. The van der Waals surface area contributed by atoms with Crippen LogP contribution in [0, 0.1) is 5.92 Å². The molecule has 1 aromatic rings. The van der Waals surface area contributed by atoms with Gasteiger partial charge in [0.1, 0.15) is 5.75 Å². The van der Waals surface area contributed by atoms with Crippen LogP contribution in [0.3, 0.4) is 0 Å². The number of hydrogen-bond acceptors (Lipinski definition) is 3. The standard InChI is InChI=1S/C15H18N2O2/c1-3-12-10-15(18)17-16-14(12)9-6-11-4-7-13(19-2)8-5-11/h4-9,12H,3,10H2,1-2H3,(H,17,18). The Kier molecular flexibility index (Phi) is 4.34. The monoisotopic (exact) mass is 258 g/mol. The van der Waals surface area contributed by atoms with Crippen LogP contribution in [0.1, 0.15) is 25.3 Å². The minimum atomic E-state index is -0.00607. The van der Waals surface area contributed by atoms with E-state index in [0.29, 0.717) is 6.42 Å². The second-order valence-corrected chi connectivity index (χ2v) is 4.49. The van der Waals surface area contributed by atoms with E-state index in [9.17, 15) is 4.79 Å². The predicted molar refractivity (Wildman–Crippen MR) is 76.0 cm³/mol. The van der Waals surface area contributed by atoms with Crippen molar-refractivity contribution in [2.75, 3.05) is 7.11 Å². The quantitative estimate of drug-likeness (QED) is 0.902. The van der Waals surface area contributed by atoms with E-state index in [1.807, 2.05) is 36.4 Å². The number of carbonyl (C=O) groups excluding carboxylic acids is 1. The second kappa shape index (κ2) is 6.18. The molecule has 1 heterocycles. The van der Waals surface area contributed by atoms with E-state index >= 15 is 0 Å². The molecule has 1 N–H and O–H groups in total. The highest BCUT2D eigenvalue weighted by molar-refractivity contribution is 6.03. The normalized spacial score (nSPS) is 19.2. The van der Waals surface area contributed by atoms with Crippen LogP contribution in [0.5, 0.6) is 5.75 Å². The van der Waals surface area contributed by atoms with Gasteiger partial charge in [0, 0.05) is 12.3 Å². The summed E-state index contributed by atoms with van der Waals surface area (Å²) in [6.45, 7) is 2.07. The van der Waals surface area contributed by atoms with E-state index in [0.717, 1.165) is 23.4 Å². The van der Waals surface area contributed by atoms with Gasteiger partial charge in [-0.25, -0.2) is 5.43 Å². The molecule has 1 amide bonds. The first-order valence-corrected chi connectivity index (χ1v) is 6.41. The van der Waals surface area contributed by atoms with E-state index in [2.05, 4.69) is 17.5 Å². The Hall–Kier alpha value is -2.10. The van der Waals surface area contributed by atoms with Gasteiger partial charge >= 0.3 is 0 Å². The molecule has 4 nitrogen and oxygen atoms in total. The molecule has 1 aliphatic rings. The maximum absolute atomic E-state index is 11.3. The summed E-state index contributed by atoms with van der Waals surface area (Å²) in [4.78, 5) is 11.3. The lowest BCUT2D eigenvalue weighted by Gasteiger charge is -2.18. The topological polar surface area (TPSA) is 50.7 Å². The second-order valence-electron chi connectivity index (χ2n) is 4.49. The molecule has 2 rings (SSSR count). The fourth-order valence-corrected chi connectivity index (χ4v) is 2.02. The molecule has 19 heavy (non-hydrogen) atoms. The Morgan fingerprint density at radius 1 is 1.37 bits per heavy atom. The summed E-state index contributed by atoms with van der Waals surface area (Å²) >= 11 is 0. The summed E-state index contributed by atoms with van der Waals surface area (Å²) < 4.78 is 5.11. The average molecular weight is 258 g/mol. The molecule has 0 radical (unpaired) electrons. The fourth-order valence-electron chi connectivity index (χ4n) is 2.02. The number of hydrazone groups is 1. The number of amides is 1. The Morgan fingerprint density at radius 3 is 2.74 bits per heavy atom. The van der Waals surface area contributed by atoms with Crippen molar-refractivity contribution in [3.8, 4) is 5.75 Å². The van der Waals surface area contributed by atoms with Crippen LogP contribution in [0.2, 0.25) is 0 Å². The summed E-state index contributed by atoms with van der Waals surface area (Å²) in [7, 11) is 1.65. The molecule has 0 fully saturated rings. The zero-order valence-electron chi connectivity index (χ0n) is 11.2. The van der Waals surface area contributed by atoms with Crippen LogP contribution in [0.25, 0.3) is 6.08 Å². The van der Waals surface area contributed by atoms with E-state index in [-0.39, 0.29) is 11.8 Å². The van der Waals surface area contributed by atoms with Crippen molar-refractivity contribution in [3.63, 3.8) is 0 Å². The van der Waals surface area contributed by atoms with Crippen molar-refractivity contribution in [1.29, 1.82) is 0 Å². The highest BCUT2D eigenvalue weighted by atomic mass is 16.5. The Bertz CT molecular complexity index is 503. The van der Waals surface area contributed by atoms with Gasteiger partial charge in [-0.2, -0.15) is 5.10 Å². The third-order valence-corrected chi connectivity index (χ3v) is 3.21. The van der Waals surface area contributed by atoms with Gasteiger partial charge < -0.3 is 4.74 Å². The number of benzene rings is 1. The average Bonchev–Trinajstić information content (AvgIpc) is 2.46. The predicted octanol–water partition coefficient (Wildman–Crippen LogP) is 2.61. The SMILES string of the molecule is CCC1CC(=O)NN=C1C=Cc1ccc(OC)cc1. The number of rotatable bonds is 4. The van der Waals surface area contributed by atoms with Gasteiger partial charge in [-0.05, 0) is 30.2 Å². The molecule has 1 atom stereocenters. The summed E-state index contributed by atoms with van der Waals surface area (Å²) in [6.07, 6.45) is 5.40. The molecule has 0 saturated carbocycles. The molecule has 1 unspecified atom stereocenters. The van der Waals surface area contributed by atoms with Crippen molar-refractivity contribution in [2.45, 2.75) is 19.8 Å². The van der Waals surface area contributed by atoms with Crippen LogP contribution in [-0.4, -0.2) is 18.7 Å². The maximum Gasteiger partial charge on any atom is 0.240 e. The van der Waals surface area contributed by atoms with E-state index in [1.165, 1.54) is 0 Å². The lowest BCUT2D eigenvalue weighted by molar-refractivity contribution is -0.122. The van der Waals surface area contributed by atoms with Crippen LogP contribution in [-0.2, 0) is 4.79 Å².